The number of rotatable bonds is 0. The van der Waals surface area contributed by atoms with E-state index in [1.807, 2.05) is 0 Å². The first kappa shape index (κ1) is 42.1. The summed E-state index contributed by atoms with van der Waals surface area (Å²) in [5.41, 5.74) is 1.56. The van der Waals surface area contributed by atoms with Crippen molar-refractivity contribution in [2.75, 3.05) is 0 Å². The Morgan fingerprint density at radius 1 is 0.370 bits per heavy atom. The third kappa shape index (κ3) is 9.07. The molecule has 0 spiro atoms. The van der Waals surface area contributed by atoms with Crippen LogP contribution in [0.1, 0.15) is 205 Å². The van der Waals surface area contributed by atoms with Gasteiger partial charge in [0, 0.05) is 0 Å². The van der Waals surface area contributed by atoms with Gasteiger partial charge in [0.05, 0.1) is 12.2 Å². The van der Waals surface area contributed by atoms with E-state index in [-0.39, 0.29) is 0 Å². The number of hydrogen-bond donors (Lipinski definition) is 0. The van der Waals surface area contributed by atoms with Gasteiger partial charge >= 0.3 is 0 Å². The van der Waals surface area contributed by atoms with Gasteiger partial charge in [0.25, 0.3) is 0 Å². The van der Waals surface area contributed by atoms with E-state index in [1.54, 1.807) is 6.42 Å². The van der Waals surface area contributed by atoms with Gasteiger partial charge in [-0.3, -0.25) is 0 Å². The van der Waals surface area contributed by atoms with Gasteiger partial charge in [0.15, 0.2) is 0 Å². The molecule has 0 amide bonds. The lowest BCUT2D eigenvalue weighted by atomic mass is 9.82. The van der Waals surface area contributed by atoms with Crippen molar-refractivity contribution in [2.24, 2.45) is 117 Å². The fourth-order valence-electron chi connectivity index (χ4n) is 17.6. The van der Waals surface area contributed by atoms with E-state index in [1.165, 1.54) is 116 Å². The second-order valence-electron chi connectivity index (χ2n) is 25.0. The van der Waals surface area contributed by atoms with Crippen LogP contribution in [0.4, 0.5) is 0 Å². The second-order valence-corrected chi connectivity index (χ2v) is 25.0. The highest BCUT2D eigenvalue weighted by molar-refractivity contribution is 4.98. The highest BCUT2D eigenvalue weighted by atomic mass is 16.5. The van der Waals surface area contributed by atoms with E-state index in [4.69, 9.17) is 4.74 Å². The first-order valence-corrected chi connectivity index (χ1v) is 25.2. The summed E-state index contributed by atoms with van der Waals surface area (Å²) in [6, 6.07) is 0. The summed E-state index contributed by atoms with van der Waals surface area (Å²) >= 11 is 0. The fraction of sp³-hybridized carbons (Fsp3) is 1.00. The average molecular weight is 747 g/mol. The Labute approximate surface area is 338 Å². The van der Waals surface area contributed by atoms with Gasteiger partial charge in [0.2, 0.25) is 0 Å². The van der Waals surface area contributed by atoms with Crippen molar-refractivity contribution < 1.29 is 4.74 Å². The molecule has 1 nitrogen and oxygen atoms in total. The molecule has 10 aliphatic carbocycles. The lowest BCUT2D eigenvalue weighted by Crippen LogP contribution is -2.21. The molecular weight excluding hydrogens is 653 g/mol. The smallest absolute Gasteiger partial charge is 0.0631 e. The zero-order chi connectivity index (χ0) is 38.7. The first-order valence-electron chi connectivity index (χ1n) is 25.2. The van der Waals surface area contributed by atoms with Crippen molar-refractivity contribution in [1.82, 2.24) is 0 Å². The molecule has 54 heavy (non-hydrogen) atoms. The van der Waals surface area contributed by atoms with Crippen LogP contribution in [0.5, 0.6) is 0 Å². The summed E-state index contributed by atoms with van der Waals surface area (Å²) < 4.78 is 5.70. The highest BCUT2D eigenvalue weighted by Crippen LogP contribution is 2.58. The molecule has 0 radical (unpaired) electrons. The Bertz CT molecular complexity index is 1080. The standard InChI is InChI=1S/5C9H16.C8H14O/c1-6-3-8-4-7(2)9(6)5-8;2*1-7-5-9(2)4-3-8(7)6-9;2*1-6-5-8-3-4-9(6)7(8)2;1-5-3-7-4-6(2)8(5)9-7/h6-9H,3-5H2,1-2H3;2*7-8H,3-6H2,1-2H3;2*6-9H,3-5H2,1-2H3;5-8H,3-4H2,1-2H3. The molecule has 0 N–H and O–H groups in total. The molecule has 12 bridgehead atoms. The average Bonchev–Trinajstić information content (AvgIpc) is 3.96. The molecule has 12 aliphatic rings. The number of fused-ring (bicyclic) bond motifs is 12. The SMILES string of the molecule is CC1CC2(C)CCC1C2.CC1CC2(C)CCC1C2.CC1CC2CC(C)C1C2.CC1CC2CC(C)C1O2.CC1CC2CCC1C2C.CC1CC2CCC1C2C. The number of hydrogen-bond acceptors (Lipinski definition) is 1. The van der Waals surface area contributed by atoms with Gasteiger partial charge < -0.3 is 4.74 Å². The lowest BCUT2D eigenvalue weighted by Gasteiger charge is -2.23. The third-order valence-electron chi connectivity index (χ3n) is 20.6. The molecule has 0 aromatic rings. The van der Waals surface area contributed by atoms with Crippen LogP contribution in [0.25, 0.3) is 0 Å². The summed E-state index contributed by atoms with van der Waals surface area (Å²) in [6.45, 7) is 29.0. The molecule has 1 heteroatoms. The molecule has 0 aromatic carbocycles. The molecule has 2 aliphatic heterocycles. The summed E-state index contributed by atoms with van der Waals surface area (Å²) in [5.74, 6) is 19.0. The van der Waals surface area contributed by atoms with Crippen molar-refractivity contribution in [2.45, 2.75) is 217 Å². The molecule has 0 aromatic heterocycles. The fourth-order valence-corrected chi connectivity index (χ4v) is 17.6. The molecule has 312 valence electrons. The minimum Gasteiger partial charge on any atom is -0.374 e. The first-order chi connectivity index (χ1) is 25.5. The van der Waals surface area contributed by atoms with E-state index in [2.05, 4.69) is 83.1 Å². The molecule has 18 unspecified atom stereocenters. The van der Waals surface area contributed by atoms with Crippen molar-refractivity contribution >= 4 is 0 Å². The quantitative estimate of drug-likeness (QED) is 0.240. The van der Waals surface area contributed by atoms with E-state index in [0.29, 0.717) is 12.2 Å². The van der Waals surface area contributed by atoms with Gasteiger partial charge in [-0.2, -0.15) is 0 Å². The third-order valence-corrected chi connectivity index (χ3v) is 20.6. The van der Waals surface area contributed by atoms with Crippen molar-refractivity contribution in [3.63, 3.8) is 0 Å². The predicted octanol–water partition coefficient (Wildman–Crippen LogP) is 15.6. The monoisotopic (exact) mass is 747 g/mol. The number of ether oxygens (including phenoxy) is 1. The Kier molecular flexibility index (Phi) is 13.2. The van der Waals surface area contributed by atoms with Crippen LogP contribution in [-0.2, 0) is 4.74 Å². The van der Waals surface area contributed by atoms with E-state index in [0.717, 1.165) is 117 Å². The van der Waals surface area contributed by atoms with Crippen molar-refractivity contribution in [3.05, 3.63) is 0 Å². The van der Waals surface area contributed by atoms with E-state index >= 15 is 0 Å². The second kappa shape index (κ2) is 16.9. The van der Waals surface area contributed by atoms with Gasteiger partial charge in [0.1, 0.15) is 0 Å². The lowest BCUT2D eigenvalue weighted by molar-refractivity contribution is 0.0820. The Morgan fingerprint density at radius 2 is 0.796 bits per heavy atom. The topological polar surface area (TPSA) is 9.23 Å². The van der Waals surface area contributed by atoms with E-state index in [9.17, 15) is 0 Å². The van der Waals surface area contributed by atoms with Crippen LogP contribution in [0.15, 0.2) is 0 Å². The summed E-state index contributed by atoms with van der Waals surface area (Å²) in [7, 11) is 0. The van der Waals surface area contributed by atoms with Gasteiger partial charge in [-0.05, 0) is 239 Å². The van der Waals surface area contributed by atoms with Crippen LogP contribution in [0, 0.1) is 117 Å². The molecule has 2 saturated heterocycles. The maximum Gasteiger partial charge on any atom is 0.0631 e. The molecular formula is C53H94O. The largest absolute Gasteiger partial charge is 0.374 e. The van der Waals surface area contributed by atoms with E-state index < -0.39 is 0 Å². The van der Waals surface area contributed by atoms with Gasteiger partial charge in [-0.1, -0.05) is 83.1 Å². The predicted molar refractivity (Wildman–Crippen MR) is 232 cm³/mol. The summed E-state index contributed by atoms with van der Waals surface area (Å²) in [4.78, 5) is 0. The molecule has 12 fully saturated rings. The summed E-state index contributed by atoms with van der Waals surface area (Å²) in [5, 5.41) is 0. The van der Waals surface area contributed by atoms with Gasteiger partial charge in [-0.15, -0.1) is 0 Å². The van der Waals surface area contributed by atoms with Gasteiger partial charge in [-0.25, -0.2) is 0 Å². The van der Waals surface area contributed by atoms with Crippen LogP contribution >= 0.6 is 0 Å². The highest BCUT2D eigenvalue weighted by Gasteiger charge is 2.47. The molecule has 12 rings (SSSR count). The van der Waals surface area contributed by atoms with Crippen LogP contribution in [0.3, 0.4) is 0 Å². The zero-order valence-corrected chi connectivity index (χ0v) is 38.4. The minimum atomic E-state index is 0.606. The summed E-state index contributed by atoms with van der Waals surface area (Å²) in [6.07, 6.45) is 29.9. The molecule has 10 saturated carbocycles. The van der Waals surface area contributed by atoms with Crippen LogP contribution in [0.2, 0.25) is 0 Å². The molecule has 18 atom stereocenters. The minimum absolute atomic E-state index is 0.606. The van der Waals surface area contributed by atoms with Crippen molar-refractivity contribution in [1.29, 1.82) is 0 Å². The Morgan fingerprint density at radius 3 is 0.944 bits per heavy atom. The Balaban J connectivity index is 0.0000001000. The normalized spacial score (nSPS) is 56.7. The maximum atomic E-state index is 5.70. The maximum absolute atomic E-state index is 5.70. The van der Waals surface area contributed by atoms with Crippen LogP contribution in [-0.4, -0.2) is 12.2 Å². The van der Waals surface area contributed by atoms with Crippen LogP contribution < -0.4 is 0 Å². The van der Waals surface area contributed by atoms with Crippen molar-refractivity contribution in [3.8, 4) is 0 Å². The Hall–Kier alpha value is -0.0400. The molecule has 2 heterocycles. The zero-order valence-electron chi connectivity index (χ0n) is 38.4.